The van der Waals surface area contributed by atoms with Crippen LogP contribution in [0.1, 0.15) is 78.1 Å². The van der Waals surface area contributed by atoms with Crippen LogP contribution in [0.3, 0.4) is 0 Å². The molecular weight excluding hydrogens is 476 g/mol. The summed E-state index contributed by atoms with van der Waals surface area (Å²) in [6.45, 7) is 9.00. The standard InChI is InChI=1S/C28H58N10/c1-9-11-13-15-17-19-35(7)27(33(3)4)31-25(29)37-21-23-38(24-22-37)26(30)32-28(34(5)6)36(8)20-18-16-14-12-10-2/h29-30H,9-24H2,1-8H3. The summed E-state index contributed by atoms with van der Waals surface area (Å²) in [7, 11) is 12.1. The van der Waals surface area contributed by atoms with E-state index < -0.39 is 0 Å². The summed E-state index contributed by atoms with van der Waals surface area (Å²) >= 11 is 0. The normalized spacial score (nSPS) is 14.5. The third-order valence-electron chi connectivity index (χ3n) is 6.97. The summed E-state index contributed by atoms with van der Waals surface area (Å²) in [5.41, 5.74) is 0. The molecule has 0 unspecified atom stereocenters. The molecule has 0 spiro atoms. The molecule has 1 saturated heterocycles. The Hall–Kier alpha value is -2.52. The molecule has 38 heavy (non-hydrogen) atoms. The van der Waals surface area contributed by atoms with Gasteiger partial charge in [0.15, 0.2) is 0 Å². The third-order valence-corrected chi connectivity index (χ3v) is 6.97. The zero-order chi connectivity index (χ0) is 28.5. The zero-order valence-electron chi connectivity index (χ0n) is 25.9. The monoisotopic (exact) mass is 534 g/mol. The molecule has 0 aliphatic carbocycles. The molecule has 0 aromatic rings. The van der Waals surface area contributed by atoms with Crippen LogP contribution in [0.15, 0.2) is 9.98 Å². The average molecular weight is 535 g/mol. The van der Waals surface area contributed by atoms with E-state index in [1.54, 1.807) is 0 Å². The number of guanidine groups is 4. The lowest BCUT2D eigenvalue weighted by molar-refractivity contribution is 0.252. The van der Waals surface area contributed by atoms with Crippen molar-refractivity contribution in [2.24, 2.45) is 9.98 Å². The van der Waals surface area contributed by atoms with Gasteiger partial charge in [-0.3, -0.25) is 10.8 Å². The fraction of sp³-hybridized carbons (Fsp3) is 0.857. The number of unbranched alkanes of at least 4 members (excludes halogenated alkanes) is 8. The van der Waals surface area contributed by atoms with Crippen molar-refractivity contribution < 1.29 is 0 Å². The average Bonchev–Trinajstić information content (AvgIpc) is 2.89. The van der Waals surface area contributed by atoms with E-state index in [2.05, 4.69) is 37.7 Å². The Bertz CT molecular complexity index is 676. The Morgan fingerprint density at radius 3 is 1.16 bits per heavy atom. The Labute approximate surface area is 233 Å². The first-order valence-corrected chi connectivity index (χ1v) is 14.7. The lowest BCUT2D eigenvalue weighted by Gasteiger charge is -2.36. The fourth-order valence-electron chi connectivity index (χ4n) is 4.62. The number of rotatable bonds is 12. The van der Waals surface area contributed by atoms with Gasteiger partial charge in [-0.15, -0.1) is 0 Å². The number of piperazine rings is 1. The first-order chi connectivity index (χ1) is 18.1. The van der Waals surface area contributed by atoms with E-state index in [1.165, 1.54) is 51.4 Å². The van der Waals surface area contributed by atoms with E-state index in [0.29, 0.717) is 26.2 Å². The fourth-order valence-corrected chi connectivity index (χ4v) is 4.62. The molecule has 1 rings (SSSR count). The zero-order valence-corrected chi connectivity index (χ0v) is 25.9. The number of hydrogen-bond acceptors (Lipinski definition) is 2. The van der Waals surface area contributed by atoms with Gasteiger partial charge in [0, 0.05) is 81.6 Å². The Morgan fingerprint density at radius 2 is 0.868 bits per heavy atom. The van der Waals surface area contributed by atoms with E-state index in [1.807, 2.05) is 47.8 Å². The highest BCUT2D eigenvalue weighted by atomic mass is 15.4. The van der Waals surface area contributed by atoms with E-state index >= 15 is 0 Å². The second-order valence-electron chi connectivity index (χ2n) is 10.9. The van der Waals surface area contributed by atoms with Crippen molar-refractivity contribution in [1.82, 2.24) is 29.4 Å². The van der Waals surface area contributed by atoms with Crippen LogP contribution in [0.2, 0.25) is 0 Å². The van der Waals surface area contributed by atoms with Gasteiger partial charge in [0.2, 0.25) is 23.8 Å². The SMILES string of the molecule is CCCCCCCN(C)C(=NC(=N)N1CCN(C(=N)N=C(N(C)C)N(C)CCCCCCC)CC1)N(C)C. The minimum absolute atomic E-state index is 0.290. The van der Waals surface area contributed by atoms with Gasteiger partial charge < -0.3 is 29.4 Å². The van der Waals surface area contributed by atoms with Crippen molar-refractivity contribution >= 4 is 23.8 Å². The molecule has 0 amide bonds. The topological polar surface area (TPSA) is 91.9 Å². The molecule has 10 heteroatoms. The predicted octanol–water partition coefficient (Wildman–Crippen LogP) is 4.11. The van der Waals surface area contributed by atoms with Crippen molar-refractivity contribution in [2.45, 2.75) is 78.1 Å². The Kier molecular flexibility index (Phi) is 16.5. The quantitative estimate of drug-likeness (QED) is 0.222. The Balaban J connectivity index is 2.66. The summed E-state index contributed by atoms with van der Waals surface area (Å²) in [4.78, 5) is 21.7. The summed E-state index contributed by atoms with van der Waals surface area (Å²) in [5.74, 6) is 2.22. The second-order valence-corrected chi connectivity index (χ2v) is 10.9. The van der Waals surface area contributed by atoms with Crippen LogP contribution < -0.4 is 0 Å². The molecule has 1 aliphatic rings. The maximum Gasteiger partial charge on any atom is 0.221 e. The van der Waals surface area contributed by atoms with Crippen LogP contribution in [0.5, 0.6) is 0 Å². The van der Waals surface area contributed by atoms with Gasteiger partial charge in [-0.2, -0.15) is 9.98 Å². The highest BCUT2D eigenvalue weighted by molar-refractivity contribution is 5.94. The molecule has 2 N–H and O–H groups in total. The lowest BCUT2D eigenvalue weighted by Crippen LogP contribution is -2.51. The van der Waals surface area contributed by atoms with Crippen molar-refractivity contribution in [3.63, 3.8) is 0 Å². The molecule has 0 radical (unpaired) electrons. The lowest BCUT2D eigenvalue weighted by atomic mass is 10.1. The predicted molar refractivity (Wildman–Crippen MR) is 164 cm³/mol. The molecule has 220 valence electrons. The van der Waals surface area contributed by atoms with Crippen LogP contribution in [0, 0.1) is 10.8 Å². The van der Waals surface area contributed by atoms with Crippen LogP contribution >= 0.6 is 0 Å². The number of nitrogens with zero attached hydrogens (tertiary/aromatic N) is 8. The molecule has 0 atom stereocenters. The molecular formula is C28H58N10. The van der Waals surface area contributed by atoms with Crippen molar-refractivity contribution in [3.8, 4) is 0 Å². The molecule has 0 aromatic heterocycles. The summed E-state index contributed by atoms with van der Waals surface area (Å²) in [6.07, 6.45) is 12.4. The number of nitrogens with one attached hydrogen (secondary N) is 2. The minimum atomic E-state index is 0.290. The van der Waals surface area contributed by atoms with Gasteiger partial charge >= 0.3 is 0 Å². The number of hydrogen-bond donors (Lipinski definition) is 2. The van der Waals surface area contributed by atoms with E-state index in [4.69, 9.17) is 20.8 Å². The number of aliphatic imine (C=N–C) groups is 2. The van der Waals surface area contributed by atoms with Gasteiger partial charge in [0.05, 0.1) is 0 Å². The van der Waals surface area contributed by atoms with Gasteiger partial charge in [0.25, 0.3) is 0 Å². The first kappa shape index (κ1) is 33.5. The van der Waals surface area contributed by atoms with Gasteiger partial charge in [-0.25, -0.2) is 0 Å². The summed E-state index contributed by atoms with van der Waals surface area (Å²) in [6, 6.07) is 0. The maximum absolute atomic E-state index is 8.65. The molecule has 0 aromatic carbocycles. The molecule has 1 fully saturated rings. The first-order valence-electron chi connectivity index (χ1n) is 14.7. The minimum Gasteiger partial charge on any atom is -0.349 e. The smallest absolute Gasteiger partial charge is 0.221 e. The summed E-state index contributed by atoms with van der Waals surface area (Å²) < 4.78 is 0. The highest BCUT2D eigenvalue weighted by Gasteiger charge is 2.23. The molecule has 10 nitrogen and oxygen atoms in total. The molecule has 1 heterocycles. The van der Waals surface area contributed by atoms with E-state index in [-0.39, 0.29) is 11.9 Å². The van der Waals surface area contributed by atoms with Crippen LogP contribution in [0.4, 0.5) is 0 Å². The molecule has 0 saturated carbocycles. The van der Waals surface area contributed by atoms with Gasteiger partial charge in [-0.1, -0.05) is 65.2 Å². The highest BCUT2D eigenvalue weighted by Crippen LogP contribution is 2.09. The van der Waals surface area contributed by atoms with Gasteiger partial charge in [0.1, 0.15) is 0 Å². The third kappa shape index (κ3) is 12.3. The largest absolute Gasteiger partial charge is 0.349 e. The van der Waals surface area contributed by atoms with Crippen molar-refractivity contribution in [1.29, 1.82) is 10.8 Å². The molecule has 0 bridgehead atoms. The van der Waals surface area contributed by atoms with Crippen molar-refractivity contribution in [2.75, 3.05) is 81.6 Å². The molecule has 1 aliphatic heterocycles. The van der Waals surface area contributed by atoms with Crippen LogP contribution in [0.25, 0.3) is 0 Å². The van der Waals surface area contributed by atoms with Crippen LogP contribution in [-0.2, 0) is 0 Å². The maximum atomic E-state index is 8.65. The van der Waals surface area contributed by atoms with Crippen LogP contribution in [-0.4, -0.2) is 135 Å². The van der Waals surface area contributed by atoms with E-state index in [9.17, 15) is 0 Å². The second kappa shape index (κ2) is 18.7. The van der Waals surface area contributed by atoms with Gasteiger partial charge in [-0.05, 0) is 12.8 Å². The summed E-state index contributed by atoms with van der Waals surface area (Å²) in [5, 5.41) is 17.3. The van der Waals surface area contributed by atoms with E-state index in [0.717, 1.165) is 37.9 Å². The Morgan fingerprint density at radius 1 is 0.553 bits per heavy atom. The van der Waals surface area contributed by atoms with Crippen molar-refractivity contribution in [3.05, 3.63) is 0 Å².